The number of allylic oxidation sites excluding steroid dienone is 1. The molecule has 0 bridgehead atoms. The fraction of sp³-hybridized carbons (Fsp3) is 0.600. The Hall–Kier alpha value is -1.52. The highest BCUT2D eigenvalue weighted by Crippen LogP contribution is 2.22. The lowest BCUT2D eigenvalue weighted by atomic mass is 9.96. The van der Waals surface area contributed by atoms with Gasteiger partial charge in [-0.3, -0.25) is 0 Å². The molecule has 0 saturated heterocycles. The molecule has 0 amide bonds. The van der Waals surface area contributed by atoms with Crippen molar-refractivity contribution in [1.29, 1.82) is 0 Å². The molecule has 0 fully saturated rings. The summed E-state index contributed by atoms with van der Waals surface area (Å²) in [6.07, 6.45) is 2.71. The third kappa shape index (κ3) is 2.97. The van der Waals surface area contributed by atoms with Crippen LogP contribution in [-0.4, -0.2) is 32.4 Å². The summed E-state index contributed by atoms with van der Waals surface area (Å²) in [4.78, 5) is 22.2. The molecule has 84 valence electrons. The Balaban J connectivity index is 2.68. The molecule has 0 spiro atoms. The lowest BCUT2D eigenvalue weighted by molar-refractivity contribution is -0.137. The summed E-state index contributed by atoms with van der Waals surface area (Å²) in [5, 5.41) is 0. The normalized spacial score (nSPS) is 20.1. The van der Waals surface area contributed by atoms with E-state index < -0.39 is 18.2 Å². The molecule has 0 aliphatic heterocycles. The van der Waals surface area contributed by atoms with E-state index in [1.807, 2.05) is 0 Å². The Bertz CT molecular complexity index is 282. The summed E-state index contributed by atoms with van der Waals surface area (Å²) < 4.78 is 13.9. The zero-order valence-corrected chi connectivity index (χ0v) is 8.82. The van der Waals surface area contributed by atoms with E-state index in [1.165, 1.54) is 14.2 Å². The first-order valence-electron chi connectivity index (χ1n) is 4.72. The number of ether oxygens (including phenoxy) is 3. The predicted octanol–water partition coefficient (Wildman–Crippen LogP) is 1.42. The van der Waals surface area contributed by atoms with Crippen molar-refractivity contribution in [2.75, 3.05) is 14.2 Å². The number of rotatable bonds is 2. The minimum Gasteiger partial charge on any atom is -0.466 e. The molecule has 0 aromatic heterocycles. The standard InChI is InChI=1S/C10H14O5/c1-13-9(11)7-5-3-4-6-8(7)15-10(12)14-2/h5,8H,3-4,6H2,1-2H3. The van der Waals surface area contributed by atoms with Crippen molar-refractivity contribution in [3.8, 4) is 0 Å². The van der Waals surface area contributed by atoms with Crippen LogP contribution in [0.25, 0.3) is 0 Å². The summed E-state index contributed by atoms with van der Waals surface area (Å²) in [6.45, 7) is 0. The zero-order valence-electron chi connectivity index (χ0n) is 8.82. The van der Waals surface area contributed by atoms with E-state index in [2.05, 4.69) is 9.47 Å². The molecular weight excluding hydrogens is 200 g/mol. The third-order valence-electron chi connectivity index (χ3n) is 2.21. The maximum atomic E-state index is 11.3. The monoisotopic (exact) mass is 214 g/mol. The van der Waals surface area contributed by atoms with Gasteiger partial charge in [0.1, 0.15) is 6.10 Å². The van der Waals surface area contributed by atoms with Gasteiger partial charge in [-0.25, -0.2) is 9.59 Å². The molecule has 1 rings (SSSR count). The second kappa shape index (κ2) is 5.38. The summed E-state index contributed by atoms with van der Waals surface area (Å²) in [5.74, 6) is -0.455. The van der Waals surface area contributed by atoms with Crippen LogP contribution < -0.4 is 0 Å². The van der Waals surface area contributed by atoms with Gasteiger partial charge in [0.15, 0.2) is 0 Å². The Morgan fingerprint density at radius 3 is 2.67 bits per heavy atom. The summed E-state index contributed by atoms with van der Waals surface area (Å²) in [6, 6.07) is 0. The number of carbonyl (C=O) groups excluding carboxylic acids is 2. The molecule has 0 N–H and O–H groups in total. The van der Waals surface area contributed by atoms with Crippen LogP contribution in [-0.2, 0) is 19.0 Å². The highest BCUT2D eigenvalue weighted by atomic mass is 16.7. The van der Waals surface area contributed by atoms with E-state index in [-0.39, 0.29) is 0 Å². The van der Waals surface area contributed by atoms with Crippen molar-refractivity contribution < 1.29 is 23.8 Å². The van der Waals surface area contributed by atoms with E-state index in [4.69, 9.17) is 4.74 Å². The van der Waals surface area contributed by atoms with E-state index in [1.54, 1.807) is 6.08 Å². The van der Waals surface area contributed by atoms with Crippen LogP contribution in [0.2, 0.25) is 0 Å². The van der Waals surface area contributed by atoms with E-state index in [9.17, 15) is 9.59 Å². The fourth-order valence-electron chi connectivity index (χ4n) is 1.47. The molecule has 15 heavy (non-hydrogen) atoms. The van der Waals surface area contributed by atoms with E-state index in [0.717, 1.165) is 12.8 Å². The third-order valence-corrected chi connectivity index (χ3v) is 2.21. The second-order valence-electron chi connectivity index (χ2n) is 3.14. The molecule has 0 heterocycles. The van der Waals surface area contributed by atoms with Crippen molar-refractivity contribution >= 4 is 12.1 Å². The Kier molecular flexibility index (Phi) is 4.15. The number of hydrogen-bond donors (Lipinski definition) is 0. The van der Waals surface area contributed by atoms with Crippen molar-refractivity contribution in [3.63, 3.8) is 0 Å². The maximum Gasteiger partial charge on any atom is 0.508 e. The van der Waals surface area contributed by atoms with Gasteiger partial charge in [0.25, 0.3) is 0 Å². The molecule has 0 saturated carbocycles. The first kappa shape index (κ1) is 11.6. The van der Waals surface area contributed by atoms with Crippen LogP contribution in [0, 0.1) is 0 Å². The molecule has 0 aromatic rings. The highest BCUT2D eigenvalue weighted by Gasteiger charge is 2.27. The highest BCUT2D eigenvalue weighted by molar-refractivity contribution is 5.90. The van der Waals surface area contributed by atoms with Gasteiger partial charge in [-0.05, 0) is 19.3 Å². The SMILES string of the molecule is COC(=O)OC1CCCC=C1C(=O)OC. The Labute approximate surface area is 88.0 Å². The molecule has 0 aromatic carbocycles. The molecule has 1 aliphatic carbocycles. The Morgan fingerprint density at radius 1 is 1.33 bits per heavy atom. The molecule has 5 nitrogen and oxygen atoms in total. The Morgan fingerprint density at radius 2 is 2.07 bits per heavy atom. The summed E-state index contributed by atoms with van der Waals surface area (Å²) >= 11 is 0. The van der Waals surface area contributed by atoms with Crippen molar-refractivity contribution in [2.45, 2.75) is 25.4 Å². The predicted molar refractivity (Wildman–Crippen MR) is 51.2 cm³/mol. The summed E-state index contributed by atoms with van der Waals surface area (Å²) in [5.41, 5.74) is 0.397. The largest absolute Gasteiger partial charge is 0.508 e. The van der Waals surface area contributed by atoms with Crippen LogP contribution in [0.1, 0.15) is 19.3 Å². The lowest BCUT2D eigenvalue weighted by Gasteiger charge is -2.21. The maximum absolute atomic E-state index is 11.3. The van der Waals surface area contributed by atoms with Gasteiger partial charge in [0, 0.05) is 0 Å². The van der Waals surface area contributed by atoms with Crippen molar-refractivity contribution in [3.05, 3.63) is 11.6 Å². The number of esters is 1. The smallest absolute Gasteiger partial charge is 0.466 e. The molecule has 5 heteroatoms. The molecule has 0 radical (unpaired) electrons. The van der Waals surface area contributed by atoms with E-state index in [0.29, 0.717) is 12.0 Å². The van der Waals surface area contributed by atoms with Crippen molar-refractivity contribution in [1.82, 2.24) is 0 Å². The van der Waals surface area contributed by atoms with Gasteiger partial charge in [0.05, 0.1) is 19.8 Å². The minimum absolute atomic E-state index is 0.397. The van der Waals surface area contributed by atoms with Gasteiger partial charge in [-0.1, -0.05) is 6.08 Å². The molecule has 1 unspecified atom stereocenters. The van der Waals surface area contributed by atoms with Crippen LogP contribution in [0.3, 0.4) is 0 Å². The fourth-order valence-corrected chi connectivity index (χ4v) is 1.47. The van der Waals surface area contributed by atoms with Crippen LogP contribution in [0.15, 0.2) is 11.6 Å². The van der Waals surface area contributed by atoms with Gasteiger partial charge in [-0.2, -0.15) is 0 Å². The molecule has 1 aliphatic rings. The topological polar surface area (TPSA) is 61.8 Å². The molecule has 1 atom stereocenters. The van der Waals surface area contributed by atoms with Crippen molar-refractivity contribution in [2.24, 2.45) is 0 Å². The van der Waals surface area contributed by atoms with Gasteiger partial charge in [-0.15, -0.1) is 0 Å². The van der Waals surface area contributed by atoms with Gasteiger partial charge < -0.3 is 14.2 Å². The number of carbonyl (C=O) groups is 2. The first-order valence-corrected chi connectivity index (χ1v) is 4.72. The van der Waals surface area contributed by atoms with Gasteiger partial charge in [0.2, 0.25) is 0 Å². The summed E-state index contributed by atoms with van der Waals surface area (Å²) in [7, 11) is 2.53. The van der Waals surface area contributed by atoms with Crippen LogP contribution in [0.5, 0.6) is 0 Å². The minimum atomic E-state index is -0.781. The van der Waals surface area contributed by atoms with Crippen LogP contribution >= 0.6 is 0 Å². The second-order valence-corrected chi connectivity index (χ2v) is 3.14. The lowest BCUT2D eigenvalue weighted by Crippen LogP contribution is -2.27. The van der Waals surface area contributed by atoms with Gasteiger partial charge >= 0.3 is 12.1 Å². The number of hydrogen-bond acceptors (Lipinski definition) is 5. The van der Waals surface area contributed by atoms with Crippen LogP contribution in [0.4, 0.5) is 4.79 Å². The quantitative estimate of drug-likeness (QED) is 0.650. The average molecular weight is 214 g/mol. The zero-order chi connectivity index (χ0) is 11.3. The van der Waals surface area contributed by atoms with E-state index >= 15 is 0 Å². The first-order chi connectivity index (χ1) is 7.19. The molecular formula is C10H14O5. The average Bonchev–Trinajstić information content (AvgIpc) is 2.28. The number of methoxy groups -OCH3 is 2.